The van der Waals surface area contributed by atoms with Crippen LogP contribution in [0.2, 0.25) is 0 Å². The number of hydrogen-bond donors (Lipinski definition) is 0. The van der Waals surface area contributed by atoms with Crippen molar-refractivity contribution >= 4 is 10.0 Å². The highest BCUT2D eigenvalue weighted by Gasteiger charge is 2.52. The molecule has 2 saturated carbocycles. The first-order valence-electron chi connectivity index (χ1n) is 7.42. The largest absolute Gasteiger partial charge is 0.246 e. The first-order chi connectivity index (χ1) is 7.75. The van der Waals surface area contributed by atoms with Crippen LogP contribution in [0.4, 0.5) is 0 Å². The van der Waals surface area contributed by atoms with E-state index >= 15 is 0 Å². The van der Waals surface area contributed by atoms with Gasteiger partial charge in [-0.25, -0.2) is 10.0 Å². The van der Waals surface area contributed by atoms with Crippen LogP contribution in [-0.4, -0.2) is 24.0 Å². The van der Waals surface area contributed by atoms with Gasteiger partial charge in [0.05, 0.1) is 0 Å². The third kappa shape index (κ3) is 2.41. The van der Waals surface area contributed by atoms with Crippen LogP contribution in [0.1, 0.15) is 52.9 Å². The maximum Gasteiger partial charge on any atom is -0.00343 e. The maximum atomic E-state index is 2.60. The van der Waals surface area contributed by atoms with E-state index in [1.54, 1.807) is 0 Å². The summed E-state index contributed by atoms with van der Waals surface area (Å²) in [5.41, 5.74) is 0.669. The van der Waals surface area contributed by atoms with Crippen molar-refractivity contribution in [3.8, 4) is 0 Å². The van der Waals surface area contributed by atoms with E-state index in [1.165, 1.54) is 32.1 Å². The van der Waals surface area contributed by atoms with Crippen molar-refractivity contribution in [2.45, 2.75) is 58.1 Å². The molecule has 2 aliphatic rings. The quantitative estimate of drug-likeness (QED) is 0.672. The Morgan fingerprint density at radius 1 is 1.06 bits per heavy atom. The third-order valence-corrected chi connectivity index (χ3v) is 8.26. The number of rotatable bonds is 3. The summed E-state index contributed by atoms with van der Waals surface area (Å²) in [6.45, 7) is 7.56. The van der Waals surface area contributed by atoms with E-state index in [0.717, 1.165) is 23.0 Å². The van der Waals surface area contributed by atoms with Crippen LogP contribution >= 0.6 is 10.0 Å². The molecule has 0 amide bonds. The zero-order chi connectivity index (χ0) is 12.8. The summed E-state index contributed by atoms with van der Waals surface area (Å²) in [6, 6.07) is 0. The molecule has 2 aliphatic carbocycles. The molecule has 102 valence electrons. The Labute approximate surface area is 110 Å². The third-order valence-electron chi connectivity index (χ3n) is 5.82. The van der Waals surface area contributed by atoms with Crippen LogP contribution < -0.4 is 0 Å². The molecule has 0 aromatic heterocycles. The molecule has 0 bridgehead atoms. The van der Waals surface area contributed by atoms with E-state index in [2.05, 4.69) is 39.5 Å². The smallest absolute Gasteiger partial charge is 0.00343 e. The van der Waals surface area contributed by atoms with Gasteiger partial charge in [0.2, 0.25) is 0 Å². The van der Waals surface area contributed by atoms with Crippen LogP contribution in [0.5, 0.6) is 0 Å². The van der Waals surface area contributed by atoms with Gasteiger partial charge in [-0.1, -0.05) is 27.2 Å². The molecular weight excluding hydrogens is 224 g/mol. The van der Waals surface area contributed by atoms with E-state index in [0.29, 0.717) is 5.41 Å². The van der Waals surface area contributed by atoms with Crippen molar-refractivity contribution in [3.05, 3.63) is 0 Å². The summed E-state index contributed by atoms with van der Waals surface area (Å²) < 4.78 is 0. The van der Waals surface area contributed by atoms with Crippen molar-refractivity contribution < 1.29 is 0 Å². The highest BCUT2D eigenvalue weighted by Crippen LogP contribution is 2.64. The standard InChI is InChI=1S/C16H32S/c1-12-7-8-14(11-12)15(17(4,5)6)16(3)10-9-13(16)2/h12-15H,7-11H2,1-6H3. The van der Waals surface area contributed by atoms with Gasteiger partial charge in [0.15, 0.2) is 0 Å². The minimum Gasteiger partial charge on any atom is -0.246 e. The molecule has 0 spiro atoms. The fourth-order valence-corrected chi connectivity index (χ4v) is 8.13. The lowest BCUT2D eigenvalue weighted by atomic mass is 9.58. The minimum atomic E-state index is -0.423. The lowest BCUT2D eigenvalue weighted by Gasteiger charge is -2.59. The molecule has 5 unspecified atom stereocenters. The van der Waals surface area contributed by atoms with Crippen LogP contribution in [0.3, 0.4) is 0 Å². The Kier molecular flexibility index (Phi) is 3.62. The van der Waals surface area contributed by atoms with E-state index in [4.69, 9.17) is 0 Å². The summed E-state index contributed by atoms with van der Waals surface area (Å²) in [5, 5.41) is 1.02. The number of hydrogen-bond acceptors (Lipinski definition) is 0. The first kappa shape index (κ1) is 13.8. The van der Waals surface area contributed by atoms with Crippen molar-refractivity contribution in [1.82, 2.24) is 0 Å². The zero-order valence-electron chi connectivity index (χ0n) is 12.8. The van der Waals surface area contributed by atoms with Crippen molar-refractivity contribution in [1.29, 1.82) is 0 Å². The van der Waals surface area contributed by atoms with Gasteiger partial charge < -0.3 is 0 Å². The Morgan fingerprint density at radius 2 is 1.71 bits per heavy atom. The van der Waals surface area contributed by atoms with E-state index in [9.17, 15) is 0 Å². The van der Waals surface area contributed by atoms with Gasteiger partial charge in [-0.05, 0) is 72.9 Å². The predicted molar refractivity (Wildman–Crippen MR) is 82.2 cm³/mol. The second-order valence-electron chi connectivity index (χ2n) is 7.98. The van der Waals surface area contributed by atoms with E-state index in [-0.39, 0.29) is 0 Å². The fourth-order valence-electron chi connectivity index (χ4n) is 4.76. The molecule has 1 heteroatoms. The van der Waals surface area contributed by atoms with Gasteiger partial charge in [0, 0.05) is 0 Å². The molecule has 0 heterocycles. The molecule has 0 aromatic carbocycles. The van der Waals surface area contributed by atoms with E-state index in [1.807, 2.05) is 0 Å². The van der Waals surface area contributed by atoms with Crippen molar-refractivity contribution in [2.75, 3.05) is 18.8 Å². The van der Waals surface area contributed by atoms with Crippen molar-refractivity contribution in [2.24, 2.45) is 23.2 Å². The molecule has 0 saturated heterocycles. The van der Waals surface area contributed by atoms with Crippen molar-refractivity contribution in [3.63, 3.8) is 0 Å². The molecule has 2 rings (SSSR count). The second-order valence-corrected chi connectivity index (χ2v) is 12.3. The van der Waals surface area contributed by atoms with Gasteiger partial charge in [0.25, 0.3) is 0 Å². The Hall–Kier alpha value is 0.350. The Balaban J connectivity index is 2.20. The molecule has 0 N–H and O–H groups in total. The molecule has 0 nitrogen and oxygen atoms in total. The first-order valence-corrected chi connectivity index (χ1v) is 10.3. The summed E-state index contributed by atoms with van der Waals surface area (Å²) in [6.07, 6.45) is 15.2. The van der Waals surface area contributed by atoms with E-state index < -0.39 is 10.0 Å². The van der Waals surface area contributed by atoms with Gasteiger partial charge in [-0.3, -0.25) is 0 Å². The van der Waals surface area contributed by atoms with Crippen LogP contribution in [0.25, 0.3) is 0 Å². The minimum absolute atomic E-state index is 0.423. The summed E-state index contributed by atoms with van der Waals surface area (Å²) in [4.78, 5) is 0. The zero-order valence-corrected chi connectivity index (χ0v) is 13.6. The lowest BCUT2D eigenvalue weighted by Crippen LogP contribution is -2.50. The topological polar surface area (TPSA) is 0 Å². The molecular formula is C16H32S. The Bertz CT molecular complexity index is 278. The van der Waals surface area contributed by atoms with Gasteiger partial charge >= 0.3 is 0 Å². The molecule has 0 aliphatic heterocycles. The van der Waals surface area contributed by atoms with Gasteiger partial charge in [-0.2, -0.15) is 0 Å². The van der Waals surface area contributed by atoms with Gasteiger partial charge in [0.1, 0.15) is 0 Å². The van der Waals surface area contributed by atoms with Crippen LogP contribution in [-0.2, 0) is 0 Å². The highest BCUT2D eigenvalue weighted by atomic mass is 32.3. The normalized spacial score (nSPS) is 45.4. The maximum absolute atomic E-state index is 2.60. The van der Waals surface area contributed by atoms with Crippen LogP contribution in [0.15, 0.2) is 0 Å². The molecule has 0 aromatic rings. The highest BCUT2D eigenvalue weighted by molar-refractivity contribution is 8.32. The molecule has 0 radical (unpaired) electrons. The predicted octanol–water partition coefficient (Wildman–Crippen LogP) is 4.92. The van der Waals surface area contributed by atoms with Gasteiger partial charge in [-0.15, -0.1) is 0 Å². The van der Waals surface area contributed by atoms with Crippen LogP contribution in [0, 0.1) is 23.2 Å². The SMILES string of the molecule is CC1CCC(C(C2(C)CCC2C)S(C)(C)C)C1. The fraction of sp³-hybridized carbons (Fsp3) is 1.00. The summed E-state index contributed by atoms with van der Waals surface area (Å²) in [5.74, 6) is 2.99. The molecule has 5 atom stereocenters. The average molecular weight is 256 g/mol. The lowest BCUT2D eigenvalue weighted by molar-refractivity contribution is 0.0432. The monoisotopic (exact) mass is 256 g/mol. The summed E-state index contributed by atoms with van der Waals surface area (Å²) >= 11 is 0. The molecule has 2 fully saturated rings. The Morgan fingerprint density at radius 3 is 2.00 bits per heavy atom. The second kappa shape index (κ2) is 4.47. The average Bonchev–Trinajstić information content (AvgIpc) is 2.60. The molecule has 17 heavy (non-hydrogen) atoms. The summed E-state index contributed by atoms with van der Waals surface area (Å²) in [7, 11) is -0.423.